The summed E-state index contributed by atoms with van der Waals surface area (Å²) >= 11 is 0. The number of rotatable bonds is 2. The van der Waals surface area contributed by atoms with E-state index < -0.39 is 8.07 Å². The van der Waals surface area contributed by atoms with Crippen molar-refractivity contribution in [3.05, 3.63) is 65.5 Å². The maximum Gasteiger partial charge on any atom is 0.0687 e. The average molecular weight is 336 g/mol. The van der Waals surface area contributed by atoms with Crippen LogP contribution in [-0.4, -0.2) is 13.1 Å². The standard InChI is InChI=1S/C22H29NSi/c1-22(2,3)24(16-18-9-6-7-14-23-18)15-13-20-19-10-5-4-8-17(19)11-12-21(20)24/h4-10,14,20-21H,11-13,15-16H2,1-3H3/t20-,21-,24?/m1/s1. The van der Waals surface area contributed by atoms with Crippen LogP contribution in [-0.2, 0) is 12.5 Å². The van der Waals surface area contributed by atoms with Crippen LogP contribution in [0.3, 0.4) is 0 Å². The largest absolute Gasteiger partial charge is 0.262 e. The average Bonchev–Trinajstić information content (AvgIpc) is 2.96. The van der Waals surface area contributed by atoms with E-state index in [9.17, 15) is 0 Å². The molecule has 1 fully saturated rings. The van der Waals surface area contributed by atoms with Crippen LogP contribution in [0.4, 0.5) is 0 Å². The second-order valence-electron chi connectivity index (χ2n) is 8.89. The fraction of sp³-hybridized carbons (Fsp3) is 0.500. The SMILES string of the molecule is CC(C)(C)[Si]1(Cc2ccccn2)CC[C@@H]2c3ccccc3CC[C@H]21. The van der Waals surface area contributed by atoms with Crippen LogP contribution in [0.1, 0.15) is 56.4 Å². The predicted molar refractivity (Wildman–Crippen MR) is 104 cm³/mol. The third-order valence-corrected chi connectivity index (χ3v) is 14.3. The minimum atomic E-state index is -1.47. The molecule has 2 heterocycles. The zero-order valence-electron chi connectivity index (χ0n) is 15.3. The molecule has 0 radical (unpaired) electrons. The lowest BCUT2D eigenvalue weighted by atomic mass is 9.81. The first kappa shape index (κ1) is 16.1. The van der Waals surface area contributed by atoms with Crippen molar-refractivity contribution in [3.8, 4) is 0 Å². The highest BCUT2D eigenvalue weighted by atomic mass is 28.3. The number of fused-ring (bicyclic) bond motifs is 3. The molecule has 1 aliphatic carbocycles. The predicted octanol–water partition coefficient (Wildman–Crippen LogP) is 5.92. The van der Waals surface area contributed by atoms with Gasteiger partial charge < -0.3 is 0 Å². The Labute approximate surface area is 147 Å². The minimum absolute atomic E-state index is 0.441. The number of aryl methyl sites for hydroxylation is 1. The molecule has 4 rings (SSSR count). The van der Waals surface area contributed by atoms with E-state index in [4.69, 9.17) is 4.98 Å². The van der Waals surface area contributed by atoms with E-state index in [0.29, 0.717) is 5.04 Å². The van der Waals surface area contributed by atoms with Crippen molar-refractivity contribution < 1.29 is 0 Å². The monoisotopic (exact) mass is 335 g/mol. The van der Waals surface area contributed by atoms with Crippen LogP contribution in [0.5, 0.6) is 0 Å². The molecule has 0 amide bonds. The summed E-state index contributed by atoms with van der Waals surface area (Å²) in [4.78, 5) is 4.72. The van der Waals surface area contributed by atoms with Crippen molar-refractivity contribution in [1.82, 2.24) is 4.98 Å². The Hall–Kier alpha value is -1.41. The van der Waals surface area contributed by atoms with Gasteiger partial charge in [0.1, 0.15) is 0 Å². The van der Waals surface area contributed by atoms with Crippen molar-refractivity contribution in [2.75, 3.05) is 0 Å². The van der Waals surface area contributed by atoms with E-state index in [1.54, 1.807) is 11.1 Å². The van der Waals surface area contributed by atoms with Crippen molar-refractivity contribution in [3.63, 3.8) is 0 Å². The molecule has 1 aromatic heterocycles. The van der Waals surface area contributed by atoms with Crippen LogP contribution in [0, 0.1) is 0 Å². The second-order valence-corrected chi connectivity index (χ2v) is 14.3. The molecule has 126 valence electrons. The normalized spacial score (nSPS) is 29.1. The highest BCUT2D eigenvalue weighted by molar-refractivity contribution is 6.84. The van der Waals surface area contributed by atoms with Gasteiger partial charge in [0.25, 0.3) is 0 Å². The molecule has 1 saturated heterocycles. The molecular weight excluding hydrogens is 306 g/mol. The van der Waals surface area contributed by atoms with Gasteiger partial charge in [-0.05, 0) is 65.1 Å². The van der Waals surface area contributed by atoms with E-state index >= 15 is 0 Å². The highest BCUT2D eigenvalue weighted by Crippen LogP contribution is 2.63. The van der Waals surface area contributed by atoms with E-state index in [1.807, 2.05) is 12.3 Å². The van der Waals surface area contributed by atoms with Gasteiger partial charge in [0.15, 0.2) is 0 Å². The first-order chi connectivity index (χ1) is 11.5. The number of hydrogen-bond acceptors (Lipinski definition) is 1. The Kier molecular flexibility index (Phi) is 3.91. The van der Waals surface area contributed by atoms with Gasteiger partial charge in [-0.15, -0.1) is 0 Å². The van der Waals surface area contributed by atoms with Gasteiger partial charge in [0.2, 0.25) is 0 Å². The lowest BCUT2D eigenvalue weighted by Gasteiger charge is -2.47. The van der Waals surface area contributed by atoms with E-state index in [-0.39, 0.29) is 0 Å². The van der Waals surface area contributed by atoms with Crippen LogP contribution >= 0.6 is 0 Å². The Balaban J connectivity index is 1.74. The molecule has 2 aliphatic rings. The summed E-state index contributed by atoms with van der Waals surface area (Å²) in [5.41, 5.74) is 5.55. The molecular formula is C22H29NSi. The topological polar surface area (TPSA) is 12.9 Å². The first-order valence-electron chi connectivity index (χ1n) is 9.49. The van der Waals surface area contributed by atoms with Crippen molar-refractivity contribution in [2.45, 2.75) is 68.6 Å². The number of pyridine rings is 1. The van der Waals surface area contributed by atoms with Gasteiger partial charge in [0.05, 0.1) is 8.07 Å². The number of aromatic nitrogens is 1. The number of nitrogens with zero attached hydrogens (tertiary/aromatic N) is 1. The fourth-order valence-electron chi connectivity index (χ4n) is 5.71. The van der Waals surface area contributed by atoms with Crippen LogP contribution in [0.15, 0.2) is 48.7 Å². The van der Waals surface area contributed by atoms with E-state index in [1.165, 1.54) is 37.0 Å². The summed E-state index contributed by atoms with van der Waals surface area (Å²) in [6.45, 7) is 7.56. The summed E-state index contributed by atoms with van der Waals surface area (Å²) in [6, 6.07) is 18.4. The van der Waals surface area contributed by atoms with Gasteiger partial charge in [-0.2, -0.15) is 0 Å². The van der Waals surface area contributed by atoms with Crippen LogP contribution < -0.4 is 0 Å². The van der Waals surface area contributed by atoms with E-state index in [0.717, 1.165) is 11.5 Å². The second kappa shape index (κ2) is 5.84. The third-order valence-electron chi connectivity index (χ3n) is 6.99. The van der Waals surface area contributed by atoms with Crippen molar-refractivity contribution in [2.24, 2.45) is 0 Å². The zero-order valence-corrected chi connectivity index (χ0v) is 16.3. The first-order valence-corrected chi connectivity index (χ1v) is 12.0. The molecule has 1 unspecified atom stereocenters. The highest BCUT2D eigenvalue weighted by Gasteiger charge is 2.57. The quantitative estimate of drug-likeness (QED) is 0.621. The molecule has 3 atom stereocenters. The minimum Gasteiger partial charge on any atom is -0.262 e. The van der Waals surface area contributed by atoms with Gasteiger partial charge in [0, 0.05) is 11.9 Å². The third kappa shape index (κ3) is 2.47. The lowest BCUT2D eigenvalue weighted by Crippen LogP contribution is -2.49. The number of hydrogen-bond donors (Lipinski definition) is 0. The smallest absolute Gasteiger partial charge is 0.0687 e. The summed E-state index contributed by atoms with van der Waals surface area (Å²) < 4.78 is 0. The molecule has 24 heavy (non-hydrogen) atoms. The maximum atomic E-state index is 4.72. The molecule has 0 bridgehead atoms. The molecule has 0 saturated carbocycles. The molecule has 1 aliphatic heterocycles. The summed E-state index contributed by atoms with van der Waals surface area (Å²) in [5.74, 6) is 0.810. The van der Waals surface area contributed by atoms with Gasteiger partial charge in [-0.25, -0.2) is 0 Å². The Bertz CT molecular complexity index is 718. The summed E-state index contributed by atoms with van der Waals surface area (Å²) in [6.07, 6.45) is 6.06. The Morgan fingerprint density at radius 1 is 1.04 bits per heavy atom. The molecule has 1 aromatic carbocycles. The fourth-order valence-corrected chi connectivity index (χ4v) is 12.4. The summed E-state index contributed by atoms with van der Waals surface area (Å²) in [7, 11) is -1.47. The van der Waals surface area contributed by atoms with E-state index in [2.05, 4.69) is 57.2 Å². The van der Waals surface area contributed by atoms with Crippen LogP contribution in [0.2, 0.25) is 16.6 Å². The molecule has 1 nitrogen and oxygen atoms in total. The van der Waals surface area contributed by atoms with Crippen molar-refractivity contribution >= 4 is 8.07 Å². The maximum absolute atomic E-state index is 4.72. The van der Waals surface area contributed by atoms with Crippen molar-refractivity contribution in [1.29, 1.82) is 0 Å². The Morgan fingerprint density at radius 3 is 2.58 bits per heavy atom. The molecule has 0 N–H and O–H groups in total. The number of benzene rings is 1. The van der Waals surface area contributed by atoms with Crippen LogP contribution in [0.25, 0.3) is 0 Å². The zero-order chi connectivity index (χ0) is 16.8. The molecule has 2 aromatic rings. The van der Waals surface area contributed by atoms with Gasteiger partial charge in [-0.1, -0.05) is 57.1 Å². The van der Waals surface area contributed by atoms with Gasteiger partial charge in [-0.3, -0.25) is 4.98 Å². The lowest BCUT2D eigenvalue weighted by molar-refractivity contribution is 0.545. The summed E-state index contributed by atoms with van der Waals surface area (Å²) in [5, 5.41) is 0.441. The molecule has 0 spiro atoms. The molecule has 2 heteroatoms. The van der Waals surface area contributed by atoms with Gasteiger partial charge >= 0.3 is 0 Å². The Morgan fingerprint density at radius 2 is 1.83 bits per heavy atom.